The molecule has 2 nitrogen and oxygen atoms in total. The summed E-state index contributed by atoms with van der Waals surface area (Å²) in [5.74, 6) is 0.678. The highest BCUT2D eigenvalue weighted by Gasteiger charge is 2.24. The summed E-state index contributed by atoms with van der Waals surface area (Å²) in [6, 6.07) is 5.91. The SMILES string of the molecule is Cl.Fc1c(Cl)cccc1CN1CCC(NCC2CC2)CC1. The number of piperidine rings is 1. The molecule has 0 bridgehead atoms. The molecule has 3 rings (SSSR count). The van der Waals surface area contributed by atoms with Crippen LogP contribution >= 0.6 is 24.0 Å². The lowest BCUT2D eigenvalue weighted by Crippen LogP contribution is -2.42. The molecule has 2 fully saturated rings. The largest absolute Gasteiger partial charge is 0.314 e. The van der Waals surface area contributed by atoms with Crippen LogP contribution in [0, 0.1) is 11.7 Å². The molecule has 0 spiro atoms. The lowest BCUT2D eigenvalue weighted by Gasteiger charge is -2.32. The van der Waals surface area contributed by atoms with Gasteiger partial charge in [0.2, 0.25) is 0 Å². The van der Waals surface area contributed by atoms with Gasteiger partial charge in [-0.25, -0.2) is 4.39 Å². The molecular formula is C16H23Cl2FN2. The first-order valence-electron chi connectivity index (χ1n) is 7.61. The van der Waals surface area contributed by atoms with Crippen molar-refractivity contribution in [2.24, 2.45) is 5.92 Å². The van der Waals surface area contributed by atoms with Crippen molar-refractivity contribution in [2.75, 3.05) is 19.6 Å². The van der Waals surface area contributed by atoms with Crippen molar-refractivity contribution < 1.29 is 4.39 Å². The predicted octanol–water partition coefficient (Wildman–Crippen LogP) is 3.86. The molecule has 0 amide bonds. The molecule has 0 radical (unpaired) electrons. The van der Waals surface area contributed by atoms with Crippen LogP contribution in [0.1, 0.15) is 31.2 Å². The maximum atomic E-state index is 13.9. The fourth-order valence-corrected chi connectivity index (χ4v) is 3.06. The van der Waals surface area contributed by atoms with E-state index in [1.807, 2.05) is 12.1 Å². The minimum atomic E-state index is -0.261. The van der Waals surface area contributed by atoms with Gasteiger partial charge >= 0.3 is 0 Å². The van der Waals surface area contributed by atoms with Crippen LogP contribution in [0.3, 0.4) is 0 Å². The maximum Gasteiger partial charge on any atom is 0.146 e. The fourth-order valence-electron chi connectivity index (χ4n) is 2.86. The van der Waals surface area contributed by atoms with Crippen LogP contribution in [0.5, 0.6) is 0 Å². The van der Waals surface area contributed by atoms with E-state index in [0.29, 0.717) is 18.2 Å². The smallest absolute Gasteiger partial charge is 0.146 e. The van der Waals surface area contributed by atoms with E-state index >= 15 is 0 Å². The molecule has 5 heteroatoms. The summed E-state index contributed by atoms with van der Waals surface area (Å²) < 4.78 is 13.9. The van der Waals surface area contributed by atoms with E-state index in [9.17, 15) is 4.39 Å². The number of hydrogen-bond acceptors (Lipinski definition) is 2. The van der Waals surface area contributed by atoms with Gasteiger partial charge in [-0.15, -0.1) is 12.4 Å². The third-order valence-corrected chi connectivity index (χ3v) is 4.70. The molecule has 1 saturated heterocycles. The third-order valence-electron chi connectivity index (χ3n) is 4.41. The van der Waals surface area contributed by atoms with Gasteiger partial charge in [0, 0.05) is 18.2 Å². The molecule has 0 atom stereocenters. The molecule has 118 valence electrons. The minimum absolute atomic E-state index is 0. The lowest BCUT2D eigenvalue weighted by atomic mass is 10.0. The lowest BCUT2D eigenvalue weighted by molar-refractivity contribution is 0.188. The highest BCUT2D eigenvalue weighted by atomic mass is 35.5. The van der Waals surface area contributed by atoms with Crippen LogP contribution in [-0.2, 0) is 6.54 Å². The number of nitrogens with one attached hydrogen (secondary N) is 1. The van der Waals surface area contributed by atoms with Crippen LogP contribution in [0.4, 0.5) is 4.39 Å². The Morgan fingerprint density at radius 2 is 1.90 bits per heavy atom. The van der Waals surface area contributed by atoms with Gasteiger partial charge in [-0.2, -0.15) is 0 Å². The van der Waals surface area contributed by atoms with Gasteiger partial charge in [0.15, 0.2) is 0 Å². The quantitative estimate of drug-likeness (QED) is 0.880. The van der Waals surface area contributed by atoms with E-state index in [2.05, 4.69) is 10.2 Å². The molecule has 1 heterocycles. The third kappa shape index (κ3) is 4.82. The Morgan fingerprint density at radius 3 is 2.57 bits per heavy atom. The number of rotatable bonds is 5. The molecular weight excluding hydrogens is 310 g/mol. The standard InChI is InChI=1S/C16H22ClFN2.ClH/c17-15-3-1-2-13(16(15)18)11-20-8-6-14(7-9-20)19-10-12-4-5-12;/h1-3,12,14,19H,4-11H2;1H. The average Bonchev–Trinajstić information content (AvgIpc) is 3.27. The summed E-state index contributed by atoms with van der Waals surface area (Å²) in [7, 11) is 0. The van der Waals surface area contributed by atoms with Crippen molar-refractivity contribution in [3.05, 3.63) is 34.6 Å². The summed E-state index contributed by atoms with van der Waals surface area (Å²) in [5, 5.41) is 3.89. The van der Waals surface area contributed by atoms with Gasteiger partial charge < -0.3 is 5.32 Å². The molecule has 1 aromatic carbocycles. The molecule has 21 heavy (non-hydrogen) atoms. The van der Waals surface area contributed by atoms with Gasteiger partial charge in [-0.05, 0) is 57.3 Å². The summed E-state index contributed by atoms with van der Waals surface area (Å²) in [6.07, 6.45) is 5.13. The molecule has 0 unspecified atom stereocenters. The van der Waals surface area contributed by atoms with Crippen LogP contribution in [0.25, 0.3) is 0 Å². The summed E-state index contributed by atoms with van der Waals surface area (Å²) >= 11 is 5.83. The fraction of sp³-hybridized carbons (Fsp3) is 0.625. The van der Waals surface area contributed by atoms with Crippen LogP contribution in [0.2, 0.25) is 5.02 Å². The second-order valence-electron chi connectivity index (χ2n) is 6.11. The van der Waals surface area contributed by atoms with E-state index < -0.39 is 0 Å². The molecule has 1 saturated carbocycles. The van der Waals surface area contributed by atoms with Crippen molar-refractivity contribution in [3.8, 4) is 0 Å². The van der Waals surface area contributed by atoms with Crippen molar-refractivity contribution in [1.82, 2.24) is 10.2 Å². The average molecular weight is 333 g/mol. The summed E-state index contributed by atoms with van der Waals surface area (Å²) in [5.41, 5.74) is 0.710. The van der Waals surface area contributed by atoms with Gasteiger partial charge in [0.05, 0.1) is 5.02 Å². The first-order chi connectivity index (χ1) is 9.72. The summed E-state index contributed by atoms with van der Waals surface area (Å²) in [4.78, 5) is 2.32. The first-order valence-corrected chi connectivity index (χ1v) is 7.99. The van der Waals surface area contributed by atoms with Gasteiger partial charge in [-0.3, -0.25) is 4.90 Å². The molecule has 1 aliphatic heterocycles. The summed E-state index contributed by atoms with van der Waals surface area (Å²) in [6.45, 7) is 3.93. The van der Waals surface area contributed by atoms with Crippen molar-refractivity contribution in [3.63, 3.8) is 0 Å². The van der Waals surface area contributed by atoms with Gasteiger partial charge in [0.1, 0.15) is 5.82 Å². The second-order valence-corrected chi connectivity index (χ2v) is 6.52. The Morgan fingerprint density at radius 1 is 1.19 bits per heavy atom. The number of benzene rings is 1. The van der Waals surface area contributed by atoms with Gasteiger partial charge in [0.25, 0.3) is 0 Å². The van der Waals surface area contributed by atoms with E-state index in [4.69, 9.17) is 11.6 Å². The Balaban J connectivity index is 0.00000161. The molecule has 2 aliphatic rings. The van der Waals surface area contributed by atoms with Crippen LogP contribution in [-0.4, -0.2) is 30.6 Å². The van der Waals surface area contributed by atoms with E-state index in [0.717, 1.165) is 31.8 Å². The molecule has 1 aromatic rings. The predicted molar refractivity (Wildman–Crippen MR) is 87.7 cm³/mol. The van der Waals surface area contributed by atoms with Crippen LogP contribution < -0.4 is 5.32 Å². The van der Waals surface area contributed by atoms with E-state index in [-0.39, 0.29) is 23.2 Å². The second kappa shape index (κ2) is 7.77. The zero-order valence-corrected chi connectivity index (χ0v) is 13.7. The highest BCUT2D eigenvalue weighted by Crippen LogP contribution is 2.28. The highest BCUT2D eigenvalue weighted by molar-refractivity contribution is 6.30. The topological polar surface area (TPSA) is 15.3 Å². The zero-order chi connectivity index (χ0) is 13.9. The Bertz CT molecular complexity index is 458. The Hall–Kier alpha value is -0.350. The van der Waals surface area contributed by atoms with E-state index in [1.165, 1.54) is 19.4 Å². The monoisotopic (exact) mass is 332 g/mol. The van der Waals surface area contributed by atoms with Gasteiger partial charge in [-0.1, -0.05) is 23.7 Å². The minimum Gasteiger partial charge on any atom is -0.314 e. The number of likely N-dealkylation sites (tertiary alicyclic amines) is 1. The number of hydrogen-bond donors (Lipinski definition) is 1. The molecule has 0 aromatic heterocycles. The van der Waals surface area contributed by atoms with Crippen molar-refractivity contribution in [2.45, 2.75) is 38.3 Å². The first kappa shape index (κ1) is 17.0. The normalized spacial score (nSPS) is 20.3. The zero-order valence-electron chi connectivity index (χ0n) is 12.2. The number of nitrogens with zero attached hydrogens (tertiary/aromatic N) is 1. The van der Waals surface area contributed by atoms with Crippen molar-refractivity contribution >= 4 is 24.0 Å². The number of halogens is 3. The van der Waals surface area contributed by atoms with E-state index in [1.54, 1.807) is 6.07 Å². The molecule has 1 N–H and O–H groups in total. The maximum absolute atomic E-state index is 13.9. The van der Waals surface area contributed by atoms with Crippen molar-refractivity contribution in [1.29, 1.82) is 0 Å². The van der Waals surface area contributed by atoms with Crippen LogP contribution in [0.15, 0.2) is 18.2 Å². The Labute approximate surface area is 137 Å². The molecule has 1 aliphatic carbocycles. The Kier molecular flexibility index (Phi) is 6.30.